The first-order chi connectivity index (χ1) is 24.5. The maximum absolute atomic E-state index is 12.1. The Morgan fingerprint density at radius 1 is 0.768 bits per heavy atom. The van der Waals surface area contributed by atoms with Crippen molar-refractivity contribution >= 4 is 106 Å². The minimum absolute atomic E-state index is 0. The van der Waals surface area contributed by atoms with Crippen LogP contribution in [0.15, 0.2) is 73.4 Å². The van der Waals surface area contributed by atoms with Crippen molar-refractivity contribution in [2.24, 2.45) is 10.2 Å². The maximum Gasteiger partial charge on any atom is 1.00 e. The number of azo groups is 1. The van der Waals surface area contributed by atoms with Gasteiger partial charge in [-0.1, -0.05) is 23.2 Å². The molecule has 0 aliphatic carbocycles. The van der Waals surface area contributed by atoms with Crippen LogP contribution in [0.1, 0.15) is 16.1 Å². The third-order valence-corrected chi connectivity index (χ3v) is 10.1. The molecule has 0 radical (unpaired) electrons. The predicted octanol–water partition coefficient (Wildman–Crippen LogP) is -4.64. The molecule has 3 aromatic carbocycles. The number of aromatic nitrogens is 5. The van der Waals surface area contributed by atoms with Crippen molar-refractivity contribution in [2.75, 3.05) is 10.6 Å². The van der Waals surface area contributed by atoms with Gasteiger partial charge in [-0.3, -0.25) is 0 Å². The topological polar surface area (TPSA) is 334 Å². The van der Waals surface area contributed by atoms with Crippen LogP contribution in [0.5, 0.6) is 5.88 Å². The predicted molar refractivity (Wildman–Crippen MR) is 179 cm³/mol. The van der Waals surface area contributed by atoms with Gasteiger partial charge < -0.3 is 34.5 Å². The smallest absolute Gasteiger partial charge is 0.744 e. The molecule has 56 heavy (non-hydrogen) atoms. The van der Waals surface area contributed by atoms with Crippen molar-refractivity contribution in [3.8, 4) is 11.6 Å². The quantitative estimate of drug-likeness (QED) is 0.0550. The van der Waals surface area contributed by atoms with E-state index in [0.717, 1.165) is 47.1 Å². The Balaban J connectivity index is 0.00000361. The van der Waals surface area contributed by atoms with Crippen molar-refractivity contribution in [1.82, 2.24) is 24.7 Å². The molecule has 0 amide bonds. The van der Waals surface area contributed by atoms with Gasteiger partial charge in [0.2, 0.25) is 23.1 Å². The fourth-order valence-corrected chi connectivity index (χ4v) is 6.89. The van der Waals surface area contributed by atoms with Crippen LogP contribution >= 0.6 is 34.8 Å². The van der Waals surface area contributed by atoms with Gasteiger partial charge in [-0.15, -0.1) is 10.2 Å². The Morgan fingerprint density at radius 3 is 1.95 bits per heavy atom. The molecule has 0 unspecified atom stereocenters. The zero-order valence-corrected chi connectivity index (χ0v) is 39.3. The van der Waals surface area contributed by atoms with E-state index < -0.39 is 78.4 Å². The van der Waals surface area contributed by atoms with Crippen LogP contribution in [0.4, 0.5) is 34.6 Å². The summed E-state index contributed by atoms with van der Waals surface area (Å²) in [7, 11) is -15.2. The fourth-order valence-electron chi connectivity index (χ4n) is 4.33. The molecule has 5 aromatic rings. The third kappa shape index (κ3) is 11.8. The first-order valence-electron chi connectivity index (χ1n) is 13.6. The van der Waals surface area contributed by atoms with Gasteiger partial charge in [0, 0.05) is 5.69 Å². The number of hydrogen-bond donors (Lipinski definition) is 4. The van der Waals surface area contributed by atoms with Gasteiger partial charge in [-0.05, 0) is 67.1 Å². The molecule has 0 saturated carbocycles. The van der Waals surface area contributed by atoms with Gasteiger partial charge in [-0.25, -0.2) is 30.0 Å². The average molecular weight is 917 g/mol. The number of nitrogens with one attached hydrogen (secondary N) is 2. The van der Waals surface area contributed by atoms with Crippen molar-refractivity contribution in [1.29, 1.82) is 0 Å². The second kappa shape index (κ2) is 19.3. The molecular weight excluding hydrogens is 902 g/mol. The number of aryl methyl sites for hydroxylation is 1. The summed E-state index contributed by atoms with van der Waals surface area (Å²) in [5, 5.41) is 35.9. The molecule has 0 aliphatic rings. The van der Waals surface area contributed by atoms with Crippen LogP contribution < -0.4 is 99.3 Å². The Hall–Kier alpha value is -2.05. The largest absolute Gasteiger partial charge is 1.00 e. The number of anilines is 4. The van der Waals surface area contributed by atoms with E-state index in [1.54, 1.807) is 0 Å². The normalized spacial score (nSPS) is 11.6. The van der Waals surface area contributed by atoms with E-state index in [1.165, 1.54) is 6.92 Å². The number of halogens is 3. The van der Waals surface area contributed by atoms with E-state index in [2.05, 4.69) is 40.9 Å². The molecule has 0 aliphatic heterocycles. The first-order valence-corrected chi connectivity index (χ1v) is 18.9. The van der Waals surface area contributed by atoms with Crippen LogP contribution in [-0.4, -0.2) is 79.8 Å². The van der Waals surface area contributed by atoms with Gasteiger partial charge in [0.25, 0.3) is 0 Å². The first kappa shape index (κ1) is 50.1. The van der Waals surface area contributed by atoms with Crippen LogP contribution in [0.2, 0.25) is 15.3 Å². The van der Waals surface area contributed by atoms with Crippen LogP contribution in [0.25, 0.3) is 5.69 Å². The molecule has 4 N–H and O–H groups in total. The Bertz CT molecular complexity index is 2730. The molecule has 5 rings (SSSR count). The molecule has 0 saturated heterocycles. The summed E-state index contributed by atoms with van der Waals surface area (Å²) >= 11 is 18.1. The number of rotatable bonds is 11. The Morgan fingerprint density at radius 2 is 1.38 bits per heavy atom. The monoisotopic (exact) mass is 915 g/mol. The molecule has 0 bridgehead atoms. The van der Waals surface area contributed by atoms with E-state index in [0.29, 0.717) is 6.07 Å². The molecule has 30 heteroatoms. The van der Waals surface area contributed by atoms with Crippen molar-refractivity contribution in [2.45, 2.75) is 21.6 Å². The SMILES string of the molecule is Cc1nn(-c2cc(Cl)c(S(=O)(=O)[O-])cc2Cl)c(O)c1N=Nc1cc(Nc2nc(Cl)nc(Nc3ccc(S(=O)(=O)[O-])cc3C(=O)O)n2)ccc1S(=O)(=O)[O-].[Na+].[Na+].[Na+]. The van der Waals surface area contributed by atoms with Gasteiger partial charge in [0.15, 0.2) is 5.69 Å². The van der Waals surface area contributed by atoms with Crippen LogP contribution in [0, 0.1) is 6.92 Å². The second-order valence-corrected chi connectivity index (χ2v) is 15.4. The number of carbonyl (C=O) groups is 1. The van der Waals surface area contributed by atoms with Gasteiger partial charge in [-0.2, -0.15) is 24.7 Å². The zero-order chi connectivity index (χ0) is 39.2. The van der Waals surface area contributed by atoms with E-state index in [1.807, 2.05) is 0 Å². The summed E-state index contributed by atoms with van der Waals surface area (Å²) in [5.41, 5.74) is -2.06. The maximum atomic E-state index is 12.1. The number of nitrogens with zero attached hydrogens (tertiary/aromatic N) is 7. The molecule has 2 heterocycles. The van der Waals surface area contributed by atoms with E-state index in [4.69, 9.17) is 34.8 Å². The van der Waals surface area contributed by atoms with E-state index in [9.17, 15) is 53.9 Å². The average Bonchev–Trinajstić information content (AvgIpc) is 3.31. The number of aromatic carboxylic acids is 1. The molecule has 2 aromatic heterocycles. The van der Waals surface area contributed by atoms with Crippen molar-refractivity contribution in [3.05, 3.63) is 75.1 Å². The van der Waals surface area contributed by atoms with E-state index in [-0.39, 0.29) is 134 Å². The Kier molecular flexibility index (Phi) is 17.3. The van der Waals surface area contributed by atoms with Gasteiger partial charge >= 0.3 is 94.6 Å². The summed E-state index contributed by atoms with van der Waals surface area (Å²) in [6.07, 6.45) is 0. The zero-order valence-electron chi connectivity index (χ0n) is 28.6. The third-order valence-electron chi connectivity index (χ3n) is 6.61. The van der Waals surface area contributed by atoms with E-state index >= 15 is 0 Å². The van der Waals surface area contributed by atoms with Gasteiger partial charge in [0.1, 0.15) is 36.0 Å². The molecular formula is C26H15Cl3N9Na3O12S3. The van der Waals surface area contributed by atoms with Crippen molar-refractivity contribution < 1.29 is 143 Å². The molecule has 21 nitrogen and oxygen atoms in total. The summed E-state index contributed by atoms with van der Waals surface area (Å²) in [6, 6.07) is 7.11. The molecule has 0 fully saturated rings. The summed E-state index contributed by atoms with van der Waals surface area (Å²) in [6.45, 7) is 1.34. The summed E-state index contributed by atoms with van der Waals surface area (Å²) in [5.74, 6) is -3.06. The minimum atomic E-state index is -5.18. The molecule has 278 valence electrons. The number of carboxylic acids is 1. The molecule has 0 atom stereocenters. The number of aromatic hydroxyl groups is 1. The summed E-state index contributed by atoms with van der Waals surface area (Å²) < 4.78 is 105. The fraction of sp³-hybridized carbons (Fsp3) is 0.0385. The van der Waals surface area contributed by atoms with Crippen LogP contribution in [-0.2, 0) is 30.4 Å². The second-order valence-electron chi connectivity index (χ2n) is 10.2. The minimum Gasteiger partial charge on any atom is -0.744 e. The summed E-state index contributed by atoms with van der Waals surface area (Å²) in [4.78, 5) is 20.9. The van der Waals surface area contributed by atoms with Crippen LogP contribution in [0.3, 0.4) is 0 Å². The van der Waals surface area contributed by atoms with Gasteiger partial charge in [0.05, 0.1) is 47.4 Å². The standard InChI is InChI=1S/C26H18Cl3N9O12S3.3Na/c1-10-21(22(39)38(37-10)18-8-15(28)20(9-14(18)27)53(48,49)50)36-35-17-6-11(2-5-19(17)52(45,46)47)30-25-32-24(29)33-26(34-25)31-16-4-3-12(51(42,43)44)7-13(16)23(40)41;;;/h2-9,39H,1H3,(H,40,41)(H,42,43,44)(H,45,46,47)(H,48,49,50)(H2,30,31,32,33,34);;;/q;3*+1/p-3. The number of carboxylic acid groups (broad SMARTS) is 1. The Labute approximate surface area is 397 Å². The number of hydrogen-bond acceptors (Lipinski definition) is 19. The molecule has 0 spiro atoms. The number of benzene rings is 3. The van der Waals surface area contributed by atoms with Crippen molar-refractivity contribution in [3.63, 3.8) is 0 Å².